The first-order chi connectivity index (χ1) is 8.36. The summed E-state index contributed by atoms with van der Waals surface area (Å²) in [5.41, 5.74) is 6.41. The van der Waals surface area contributed by atoms with Crippen molar-refractivity contribution >= 4 is 15.9 Å². The highest BCUT2D eigenvalue weighted by Gasteiger charge is 2.22. The second-order valence-corrected chi connectivity index (χ2v) is 6.17. The van der Waals surface area contributed by atoms with Gasteiger partial charge < -0.3 is 10.6 Å². The van der Waals surface area contributed by atoms with Gasteiger partial charge in [0, 0.05) is 16.6 Å². The molecule has 0 spiro atoms. The SMILES string of the molecule is CN(CCc1cc(Br)ccc1F)C(C)(C)CCN. The number of halogens is 2. The third kappa shape index (κ3) is 4.34. The first-order valence-electron chi connectivity index (χ1n) is 6.22. The molecule has 0 aliphatic heterocycles. The lowest BCUT2D eigenvalue weighted by Gasteiger charge is -2.35. The summed E-state index contributed by atoms with van der Waals surface area (Å²) in [6.45, 7) is 5.82. The fourth-order valence-corrected chi connectivity index (χ4v) is 2.28. The summed E-state index contributed by atoms with van der Waals surface area (Å²) in [7, 11) is 2.06. The van der Waals surface area contributed by atoms with Crippen molar-refractivity contribution in [1.82, 2.24) is 4.90 Å². The van der Waals surface area contributed by atoms with Crippen LogP contribution in [-0.4, -0.2) is 30.6 Å². The number of likely N-dealkylation sites (N-methyl/N-ethyl adjacent to an activating group) is 1. The molecular weight excluding hydrogens is 295 g/mol. The van der Waals surface area contributed by atoms with Crippen molar-refractivity contribution in [3.05, 3.63) is 34.1 Å². The van der Waals surface area contributed by atoms with Gasteiger partial charge in [-0.3, -0.25) is 0 Å². The van der Waals surface area contributed by atoms with Gasteiger partial charge in [-0.05, 0) is 64.0 Å². The van der Waals surface area contributed by atoms with E-state index in [0.29, 0.717) is 13.0 Å². The van der Waals surface area contributed by atoms with Gasteiger partial charge in [0.1, 0.15) is 5.82 Å². The molecule has 0 aromatic heterocycles. The van der Waals surface area contributed by atoms with Crippen LogP contribution in [0.25, 0.3) is 0 Å². The number of rotatable bonds is 6. The summed E-state index contributed by atoms with van der Waals surface area (Å²) < 4.78 is 14.5. The number of nitrogens with two attached hydrogens (primary N) is 1. The molecule has 0 unspecified atom stereocenters. The monoisotopic (exact) mass is 316 g/mol. The maximum Gasteiger partial charge on any atom is 0.126 e. The van der Waals surface area contributed by atoms with Crippen LogP contribution in [-0.2, 0) is 6.42 Å². The smallest absolute Gasteiger partial charge is 0.126 e. The Balaban J connectivity index is 2.62. The lowest BCUT2D eigenvalue weighted by atomic mass is 9.98. The van der Waals surface area contributed by atoms with Crippen molar-refractivity contribution in [2.75, 3.05) is 20.1 Å². The highest BCUT2D eigenvalue weighted by molar-refractivity contribution is 9.10. The molecule has 0 radical (unpaired) electrons. The van der Waals surface area contributed by atoms with Gasteiger partial charge in [-0.15, -0.1) is 0 Å². The van der Waals surface area contributed by atoms with Gasteiger partial charge in [-0.2, -0.15) is 0 Å². The number of nitrogens with zero attached hydrogens (tertiary/aromatic N) is 1. The Kier molecular flexibility index (Phi) is 5.76. The first kappa shape index (κ1) is 15.6. The van der Waals surface area contributed by atoms with Gasteiger partial charge >= 0.3 is 0 Å². The number of benzene rings is 1. The summed E-state index contributed by atoms with van der Waals surface area (Å²) in [6.07, 6.45) is 1.64. The first-order valence-corrected chi connectivity index (χ1v) is 7.01. The topological polar surface area (TPSA) is 29.3 Å². The molecular formula is C14H22BrFN2. The largest absolute Gasteiger partial charge is 0.330 e. The second-order valence-electron chi connectivity index (χ2n) is 5.26. The molecule has 0 saturated heterocycles. The normalized spacial score (nSPS) is 12.2. The van der Waals surface area contributed by atoms with Crippen LogP contribution < -0.4 is 5.73 Å². The second kappa shape index (κ2) is 6.64. The molecule has 18 heavy (non-hydrogen) atoms. The number of hydrogen-bond donors (Lipinski definition) is 1. The fraction of sp³-hybridized carbons (Fsp3) is 0.571. The van der Waals surface area contributed by atoms with Crippen molar-refractivity contribution in [1.29, 1.82) is 0 Å². The van der Waals surface area contributed by atoms with Crippen LogP contribution in [0.1, 0.15) is 25.8 Å². The van der Waals surface area contributed by atoms with Crippen LogP contribution in [0.4, 0.5) is 4.39 Å². The van der Waals surface area contributed by atoms with E-state index in [1.54, 1.807) is 6.07 Å². The summed E-state index contributed by atoms with van der Waals surface area (Å²) in [5, 5.41) is 0. The molecule has 0 aliphatic rings. The van der Waals surface area contributed by atoms with E-state index >= 15 is 0 Å². The van der Waals surface area contributed by atoms with E-state index in [9.17, 15) is 4.39 Å². The van der Waals surface area contributed by atoms with E-state index in [1.807, 2.05) is 6.07 Å². The molecule has 0 bridgehead atoms. The minimum Gasteiger partial charge on any atom is -0.330 e. The molecule has 0 fully saturated rings. The zero-order valence-corrected chi connectivity index (χ0v) is 12.9. The van der Waals surface area contributed by atoms with E-state index in [1.165, 1.54) is 6.07 Å². The van der Waals surface area contributed by atoms with Crippen molar-refractivity contribution in [3.8, 4) is 0 Å². The minimum absolute atomic E-state index is 0.0528. The molecule has 2 N–H and O–H groups in total. The molecule has 102 valence electrons. The predicted molar refractivity (Wildman–Crippen MR) is 78.2 cm³/mol. The third-order valence-electron chi connectivity index (χ3n) is 3.51. The summed E-state index contributed by atoms with van der Waals surface area (Å²) >= 11 is 3.37. The maximum atomic E-state index is 13.6. The highest BCUT2D eigenvalue weighted by atomic mass is 79.9. The molecule has 1 aromatic rings. The van der Waals surface area contributed by atoms with E-state index in [2.05, 4.69) is 41.7 Å². The Morgan fingerprint density at radius 3 is 2.67 bits per heavy atom. The summed E-state index contributed by atoms with van der Waals surface area (Å²) in [4.78, 5) is 2.24. The molecule has 1 aromatic carbocycles. The quantitative estimate of drug-likeness (QED) is 0.873. The molecule has 1 rings (SSSR count). The highest BCUT2D eigenvalue weighted by Crippen LogP contribution is 2.19. The lowest BCUT2D eigenvalue weighted by molar-refractivity contribution is 0.149. The van der Waals surface area contributed by atoms with Crippen LogP contribution in [0, 0.1) is 5.82 Å². The molecule has 0 atom stereocenters. The zero-order valence-electron chi connectivity index (χ0n) is 11.3. The summed E-state index contributed by atoms with van der Waals surface area (Å²) in [5.74, 6) is -0.136. The Morgan fingerprint density at radius 2 is 2.06 bits per heavy atom. The molecule has 4 heteroatoms. The average Bonchev–Trinajstić information content (AvgIpc) is 2.29. The van der Waals surface area contributed by atoms with E-state index < -0.39 is 0 Å². The zero-order chi connectivity index (χ0) is 13.8. The van der Waals surface area contributed by atoms with Gasteiger partial charge in [0.25, 0.3) is 0 Å². The molecule has 2 nitrogen and oxygen atoms in total. The summed E-state index contributed by atoms with van der Waals surface area (Å²) in [6, 6.07) is 5.07. The Labute approximate surface area is 117 Å². The number of hydrogen-bond acceptors (Lipinski definition) is 2. The van der Waals surface area contributed by atoms with Crippen molar-refractivity contribution < 1.29 is 4.39 Å². The predicted octanol–water partition coefficient (Wildman–Crippen LogP) is 3.19. The minimum atomic E-state index is -0.136. The standard InChI is InChI=1S/C14H22BrFN2/c1-14(2,7-8-17)18(3)9-6-11-10-12(15)4-5-13(11)16/h4-5,10H,6-9,17H2,1-3H3. The fourth-order valence-electron chi connectivity index (χ4n) is 1.87. The van der Waals surface area contributed by atoms with Gasteiger partial charge in [-0.1, -0.05) is 15.9 Å². The van der Waals surface area contributed by atoms with Gasteiger partial charge in [-0.25, -0.2) is 4.39 Å². The maximum absolute atomic E-state index is 13.6. The van der Waals surface area contributed by atoms with Gasteiger partial charge in [0.05, 0.1) is 0 Å². The van der Waals surface area contributed by atoms with Crippen molar-refractivity contribution in [2.45, 2.75) is 32.2 Å². The van der Waals surface area contributed by atoms with E-state index in [-0.39, 0.29) is 11.4 Å². The lowest BCUT2D eigenvalue weighted by Crippen LogP contribution is -2.43. The van der Waals surface area contributed by atoms with Crippen LogP contribution >= 0.6 is 15.9 Å². The van der Waals surface area contributed by atoms with E-state index in [0.717, 1.165) is 23.0 Å². The molecule has 0 aliphatic carbocycles. The molecule has 0 saturated carbocycles. The Hall–Kier alpha value is -0.450. The van der Waals surface area contributed by atoms with Gasteiger partial charge in [0.15, 0.2) is 0 Å². The molecule has 0 heterocycles. The van der Waals surface area contributed by atoms with Crippen LogP contribution in [0.15, 0.2) is 22.7 Å². The third-order valence-corrected chi connectivity index (χ3v) is 4.01. The Bertz CT molecular complexity index is 393. The van der Waals surface area contributed by atoms with Crippen molar-refractivity contribution in [2.24, 2.45) is 5.73 Å². The average molecular weight is 317 g/mol. The van der Waals surface area contributed by atoms with Crippen LogP contribution in [0.2, 0.25) is 0 Å². The van der Waals surface area contributed by atoms with E-state index in [4.69, 9.17) is 5.73 Å². The van der Waals surface area contributed by atoms with Gasteiger partial charge in [0.2, 0.25) is 0 Å². The Morgan fingerprint density at radius 1 is 1.39 bits per heavy atom. The molecule has 0 amide bonds. The van der Waals surface area contributed by atoms with Crippen LogP contribution in [0.3, 0.4) is 0 Å². The van der Waals surface area contributed by atoms with Crippen molar-refractivity contribution in [3.63, 3.8) is 0 Å². The van der Waals surface area contributed by atoms with Crippen LogP contribution in [0.5, 0.6) is 0 Å².